The van der Waals surface area contributed by atoms with Gasteiger partial charge in [0.2, 0.25) is 10.0 Å². The van der Waals surface area contributed by atoms with E-state index in [9.17, 15) is 8.42 Å². The van der Waals surface area contributed by atoms with Gasteiger partial charge in [-0.3, -0.25) is 0 Å². The van der Waals surface area contributed by atoms with Gasteiger partial charge < -0.3 is 10.1 Å². The van der Waals surface area contributed by atoms with Crippen molar-refractivity contribution in [3.8, 4) is 0 Å². The van der Waals surface area contributed by atoms with E-state index in [1.165, 1.54) is 11.3 Å². The number of rotatable bonds is 6. The van der Waals surface area contributed by atoms with Gasteiger partial charge in [-0.25, -0.2) is 13.1 Å². The number of aryl methyl sites for hydroxylation is 1. The van der Waals surface area contributed by atoms with Crippen LogP contribution in [0, 0.1) is 6.92 Å². The lowest BCUT2D eigenvalue weighted by Crippen LogP contribution is -2.38. The molecule has 0 aromatic carbocycles. The summed E-state index contributed by atoms with van der Waals surface area (Å²) in [4.78, 5) is 1.07. The maximum absolute atomic E-state index is 12.5. The Hall–Kier alpha value is -0.470. The summed E-state index contributed by atoms with van der Waals surface area (Å²) < 4.78 is 33.5. The first-order valence-corrected chi connectivity index (χ1v) is 9.56. The number of hydrogen-bond acceptors (Lipinski definition) is 5. The summed E-state index contributed by atoms with van der Waals surface area (Å²) in [6.07, 6.45) is 0.662. The first-order valence-electron chi connectivity index (χ1n) is 7.26. The first kappa shape index (κ1) is 16.9. The fourth-order valence-electron chi connectivity index (χ4n) is 2.24. The van der Waals surface area contributed by atoms with E-state index in [0.717, 1.165) is 16.9 Å². The van der Waals surface area contributed by atoms with E-state index in [1.807, 2.05) is 13.8 Å². The van der Waals surface area contributed by atoms with Crippen molar-refractivity contribution in [3.63, 3.8) is 0 Å². The number of hydrogen-bond donors (Lipinski definition) is 2. The van der Waals surface area contributed by atoms with Gasteiger partial charge in [-0.2, -0.15) is 0 Å². The van der Waals surface area contributed by atoms with Crippen LogP contribution in [0.5, 0.6) is 0 Å². The molecule has 0 amide bonds. The van der Waals surface area contributed by atoms with Gasteiger partial charge in [0.25, 0.3) is 0 Å². The van der Waals surface area contributed by atoms with Gasteiger partial charge in [-0.05, 0) is 31.9 Å². The van der Waals surface area contributed by atoms with E-state index in [4.69, 9.17) is 4.74 Å². The zero-order chi connectivity index (χ0) is 15.6. The smallest absolute Gasteiger partial charge is 0.250 e. The second-order valence-corrected chi connectivity index (χ2v) is 8.88. The highest BCUT2D eigenvalue weighted by molar-refractivity contribution is 7.91. The highest BCUT2D eigenvalue weighted by atomic mass is 32.2. The molecule has 2 heterocycles. The maximum Gasteiger partial charge on any atom is 0.250 e. The van der Waals surface area contributed by atoms with Crippen LogP contribution in [0.15, 0.2) is 10.3 Å². The van der Waals surface area contributed by atoms with Crippen molar-refractivity contribution in [1.29, 1.82) is 0 Å². The van der Waals surface area contributed by atoms with Crippen molar-refractivity contribution in [2.75, 3.05) is 6.61 Å². The Kier molecular flexibility index (Phi) is 5.43. The number of thiophene rings is 1. The fourth-order valence-corrected chi connectivity index (χ4v) is 5.13. The van der Waals surface area contributed by atoms with E-state index < -0.39 is 10.0 Å². The van der Waals surface area contributed by atoms with Gasteiger partial charge in [-0.15, -0.1) is 11.3 Å². The molecule has 1 aliphatic rings. The van der Waals surface area contributed by atoms with E-state index in [-0.39, 0.29) is 12.1 Å². The molecule has 1 aromatic rings. The summed E-state index contributed by atoms with van der Waals surface area (Å²) in [5, 5.41) is 3.32. The normalized spacial score (nSPS) is 23.1. The molecule has 2 rings (SSSR count). The molecule has 0 radical (unpaired) electrons. The molecule has 7 heteroatoms. The SMILES string of the molecule is Cc1cc(S(=O)(=O)NC2CCOC2C)sc1CNC(C)C. The zero-order valence-corrected chi connectivity index (χ0v) is 14.6. The van der Waals surface area contributed by atoms with Crippen molar-refractivity contribution in [2.24, 2.45) is 0 Å². The number of sulfonamides is 1. The minimum Gasteiger partial charge on any atom is -0.377 e. The quantitative estimate of drug-likeness (QED) is 0.836. The van der Waals surface area contributed by atoms with Crippen LogP contribution in [0.3, 0.4) is 0 Å². The summed E-state index contributed by atoms with van der Waals surface area (Å²) in [5.41, 5.74) is 1.02. The molecule has 1 aromatic heterocycles. The highest BCUT2D eigenvalue weighted by Gasteiger charge is 2.30. The Labute approximate surface area is 131 Å². The van der Waals surface area contributed by atoms with Crippen LogP contribution < -0.4 is 10.0 Å². The van der Waals surface area contributed by atoms with Crippen molar-refractivity contribution < 1.29 is 13.2 Å². The Morgan fingerprint density at radius 3 is 2.76 bits per heavy atom. The third-order valence-electron chi connectivity index (χ3n) is 3.62. The highest BCUT2D eigenvalue weighted by Crippen LogP contribution is 2.27. The van der Waals surface area contributed by atoms with Crippen LogP contribution in [-0.4, -0.2) is 33.2 Å². The van der Waals surface area contributed by atoms with Crippen molar-refractivity contribution >= 4 is 21.4 Å². The second-order valence-electron chi connectivity index (χ2n) is 5.80. The lowest BCUT2D eigenvalue weighted by atomic mass is 10.2. The van der Waals surface area contributed by atoms with E-state index in [0.29, 0.717) is 23.4 Å². The molecule has 0 aliphatic carbocycles. The van der Waals surface area contributed by atoms with E-state index >= 15 is 0 Å². The van der Waals surface area contributed by atoms with Crippen LogP contribution >= 0.6 is 11.3 Å². The van der Waals surface area contributed by atoms with Gasteiger partial charge in [0.15, 0.2) is 0 Å². The van der Waals surface area contributed by atoms with Gasteiger partial charge in [0, 0.05) is 24.1 Å². The van der Waals surface area contributed by atoms with Crippen LogP contribution in [-0.2, 0) is 21.3 Å². The van der Waals surface area contributed by atoms with Gasteiger partial charge in [0.05, 0.1) is 12.1 Å². The summed E-state index contributed by atoms with van der Waals surface area (Å²) in [6, 6.07) is 2.00. The molecular weight excluding hydrogens is 308 g/mol. The van der Waals surface area contributed by atoms with E-state index in [1.54, 1.807) is 6.07 Å². The maximum atomic E-state index is 12.5. The Morgan fingerprint density at radius 2 is 2.19 bits per heavy atom. The zero-order valence-electron chi connectivity index (χ0n) is 13.0. The third kappa shape index (κ3) is 4.26. The number of nitrogens with one attached hydrogen (secondary N) is 2. The molecule has 0 bridgehead atoms. The van der Waals surface area contributed by atoms with Gasteiger partial charge in [0.1, 0.15) is 4.21 Å². The predicted octanol–water partition coefficient (Wildman–Crippen LogP) is 2.01. The Balaban J connectivity index is 2.11. The molecule has 2 atom stereocenters. The second kappa shape index (κ2) is 6.75. The monoisotopic (exact) mass is 332 g/mol. The third-order valence-corrected chi connectivity index (χ3v) is 6.82. The molecule has 2 N–H and O–H groups in total. The average molecular weight is 332 g/mol. The average Bonchev–Trinajstić information content (AvgIpc) is 2.94. The molecule has 120 valence electrons. The molecule has 2 unspecified atom stereocenters. The van der Waals surface area contributed by atoms with Crippen molar-refractivity contribution in [2.45, 2.75) is 63.1 Å². The molecule has 21 heavy (non-hydrogen) atoms. The molecule has 1 fully saturated rings. The topological polar surface area (TPSA) is 67.4 Å². The summed E-state index contributed by atoms with van der Waals surface area (Å²) in [7, 11) is -3.46. The summed E-state index contributed by atoms with van der Waals surface area (Å²) in [5.74, 6) is 0. The Bertz CT molecular complexity index is 581. The van der Waals surface area contributed by atoms with Crippen molar-refractivity contribution in [3.05, 3.63) is 16.5 Å². The van der Waals surface area contributed by atoms with Crippen molar-refractivity contribution in [1.82, 2.24) is 10.0 Å². The standard InChI is InChI=1S/C14H24N2O3S2/c1-9(2)15-8-13-10(3)7-14(20-13)21(17,18)16-12-5-6-19-11(12)4/h7,9,11-12,15-16H,5-6,8H2,1-4H3. The van der Waals surface area contributed by atoms with Gasteiger partial charge in [-0.1, -0.05) is 13.8 Å². The van der Waals surface area contributed by atoms with Gasteiger partial charge >= 0.3 is 0 Å². The minimum absolute atomic E-state index is 0.0667. The molecule has 1 saturated heterocycles. The summed E-state index contributed by atoms with van der Waals surface area (Å²) in [6.45, 7) is 9.31. The molecule has 0 spiro atoms. The molecular formula is C14H24N2O3S2. The molecule has 5 nitrogen and oxygen atoms in total. The Morgan fingerprint density at radius 1 is 1.48 bits per heavy atom. The lowest BCUT2D eigenvalue weighted by molar-refractivity contribution is 0.117. The van der Waals surface area contributed by atoms with Crippen LogP contribution in [0.1, 0.15) is 37.6 Å². The first-order chi connectivity index (χ1) is 9.79. The molecule has 1 aliphatic heterocycles. The lowest BCUT2D eigenvalue weighted by Gasteiger charge is -2.15. The fraction of sp³-hybridized carbons (Fsp3) is 0.714. The van der Waals surface area contributed by atoms with Crippen LogP contribution in [0.2, 0.25) is 0 Å². The number of ether oxygens (including phenoxy) is 1. The van der Waals surface area contributed by atoms with E-state index in [2.05, 4.69) is 23.9 Å². The van der Waals surface area contributed by atoms with Crippen LogP contribution in [0.4, 0.5) is 0 Å². The predicted molar refractivity (Wildman–Crippen MR) is 85.2 cm³/mol. The minimum atomic E-state index is -3.46. The molecule has 0 saturated carbocycles. The summed E-state index contributed by atoms with van der Waals surface area (Å²) >= 11 is 1.34. The van der Waals surface area contributed by atoms with Crippen LogP contribution in [0.25, 0.3) is 0 Å². The largest absolute Gasteiger partial charge is 0.377 e.